The largest absolute Gasteiger partial charge is 0.308 e. The van der Waals surface area contributed by atoms with Crippen molar-refractivity contribution in [1.82, 2.24) is 9.88 Å². The number of halogens is 1. The highest BCUT2D eigenvalue weighted by Crippen LogP contribution is 2.32. The molecular formula is C22H28ClN3OS. The van der Waals surface area contributed by atoms with Gasteiger partial charge >= 0.3 is 0 Å². The molecule has 1 aromatic heterocycles. The Kier molecular flexibility index (Phi) is 7.21. The van der Waals surface area contributed by atoms with Crippen LogP contribution in [0.25, 0.3) is 10.2 Å². The highest BCUT2D eigenvalue weighted by atomic mass is 35.5. The van der Waals surface area contributed by atoms with E-state index in [2.05, 4.69) is 36.9 Å². The van der Waals surface area contributed by atoms with Crippen molar-refractivity contribution < 1.29 is 4.79 Å². The number of rotatable bonds is 5. The Morgan fingerprint density at radius 3 is 2.29 bits per heavy atom. The van der Waals surface area contributed by atoms with Gasteiger partial charge in [0.25, 0.3) is 5.91 Å². The van der Waals surface area contributed by atoms with E-state index >= 15 is 0 Å². The van der Waals surface area contributed by atoms with Crippen molar-refractivity contribution in [3.05, 3.63) is 58.1 Å². The number of amides is 1. The van der Waals surface area contributed by atoms with Gasteiger partial charge in [-0.2, -0.15) is 0 Å². The zero-order valence-corrected chi connectivity index (χ0v) is 19.0. The number of aryl methyl sites for hydroxylation is 4. The van der Waals surface area contributed by atoms with Crippen LogP contribution in [-0.2, 0) is 0 Å². The van der Waals surface area contributed by atoms with Crippen LogP contribution in [0.2, 0.25) is 0 Å². The summed E-state index contributed by atoms with van der Waals surface area (Å²) in [5.74, 6) is 0.0165. The Bertz CT molecular complexity index is 997. The van der Waals surface area contributed by atoms with Gasteiger partial charge in [-0.1, -0.05) is 35.1 Å². The Balaban J connectivity index is 0.00000280. The van der Waals surface area contributed by atoms with E-state index in [4.69, 9.17) is 4.98 Å². The van der Waals surface area contributed by atoms with Gasteiger partial charge in [0, 0.05) is 18.7 Å². The summed E-state index contributed by atoms with van der Waals surface area (Å²) in [5.41, 5.74) is 6.27. The van der Waals surface area contributed by atoms with Crippen molar-refractivity contribution >= 4 is 45.0 Å². The summed E-state index contributed by atoms with van der Waals surface area (Å²) in [6.07, 6.45) is 0. The van der Waals surface area contributed by atoms with Crippen LogP contribution in [0, 0.1) is 27.7 Å². The van der Waals surface area contributed by atoms with Crippen LogP contribution in [0.1, 0.15) is 32.6 Å². The van der Waals surface area contributed by atoms with E-state index in [1.165, 1.54) is 5.56 Å². The Morgan fingerprint density at radius 1 is 0.964 bits per heavy atom. The van der Waals surface area contributed by atoms with Gasteiger partial charge < -0.3 is 4.90 Å². The quantitative estimate of drug-likeness (QED) is 0.575. The second-order valence-corrected chi connectivity index (χ2v) is 8.51. The van der Waals surface area contributed by atoms with E-state index in [-0.39, 0.29) is 18.3 Å². The molecule has 1 amide bonds. The van der Waals surface area contributed by atoms with Crippen molar-refractivity contribution in [2.75, 3.05) is 32.1 Å². The lowest BCUT2D eigenvalue weighted by molar-refractivity contribution is 0.0984. The first-order valence-electron chi connectivity index (χ1n) is 9.18. The second-order valence-electron chi connectivity index (χ2n) is 7.50. The molecule has 4 nitrogen and oxygen atoms in total. The normalized spacial score (nSPS) is 11.0. The molecule has 0 aliphatic carbocycles. The van der Waals surface area contributed by atoms with Crippen molar-refractivity contribution in [2.45, 2.75) is 27.7 Å². The third-order valence-electron chi connectivity index (χ3n) is 4.68. The lowest BCUT2D eigenvalue weighted by atomic mass is 10.0. The van der Waals surface area contributed by atoms with Crippen molar-refractivity contribution in [2.24, 2.45) is 0 Å². The van der Waals surface area contributed by atoms with Crippen LogP contribution in [-0.4, -0.2) is 43.0 Å². The maximum absolute atomic E-state index is 13.4. The van der Waals surface area contributed by atoms with E-state index in [9.17, 15) is 4.79 Å². The minimum absolute atomic E-state index is 0. The fraction of sp³-hybridized carbons (Fsp3) is 0.364. The SMILES string of the molecule is Cc1ccc(C(=O)N(CCN(C)C)c2nc3c(C)cc(C)cc3s2)c(C)c1.Cl. The van der Waals surface area contributed by atoms with Crippen LogP contribution in [0.3, 0.4) is 0 Å². The molecule has 0 aliphatic heterocycles. The Morgan fingerprint density at radius 2 is 1.64 bits per heavy atom. The molecule has 6 heteroatoms. The van der Waals surface area contributed by atoms with E-state index in [1.54, 1.807) is 11.3 Å². The first kappa shape index (κ1) is 22.3. The fourth-order valence-electron chi connectivity index (χ4n) is 3.26. The number of carbonyl (C=O) groups is 1. The molecule has 0 fully saturated rings. The number of thiazole rings is 1. The van der Waals surface area contributed by atoms with Crippen molar-refractivity contribution in [3.63, 3.8) is 0 Å². The predicted octanol–water partition coefficient (Wildman–Crippen LogP) is 5.16. The number of likely N-dealkylation sites (N-methyl/N-ethyl adjacent to an activating group) is 1. The summed E-state index contributed by atoms with van der Waals surface area (Å²) >= 11 is 1.59. The van der Waals surface area contributed by atoms with Gasteiger partial charge in [0.15, 0.2) is 5.13 Å². The molecule has 28 heavy (non-hydrogen) atoms. The van der Waals surface area contributed by atoms with Gasteiger partial charge in [-0.25, -0.2) is 4.98 Å². The van der Waals surface area contributed by atoms with Crippen LogP contribution >= 0.6 is 23.7 Å². The van der Waals surface area contributed by atoms with Crippen molar-refractivity contribution in [1.29, 1.82) is 0 Å². The Hall–Kier alpha value is -1.95. The maximum Gasteiger partial charge on any atom is 0.260 e. The van der Waals surface area contributed by atoms with Gasteiger partial charge in [0.2, 0.25) is 0 Å². The summed E-state index contributed by atoms with van der Waals surface area (Å²) in [7, 11) is 4.04. The average molecular weight is 418 g/mol. The molecule has 3 aromatic rings. The number of hydrogen-bond donors (Lipinski definition) is 0. The maximum atomic E-state index is 13.4. The molecule has 0 spiro atoms. The van der Waals surface area contributed by atoms with E-state index in [0.29, 0.717) is 6.54 Å². The third-order valence-corrected chi connectivity index (χ3v) is 5.70. The van der Waals surface area contributed by atoms with Crippen LogP contribution in [0.4, 0.5) is 5.13 Å². The zero-order valence-electron chi connectivity index (χ0n) is 17.4. The first-order valence-corrected chi connectivity index (χ1v) is 9.99. The molecule has 0 saturated heterocycles. The molecule has 3 rings (SSSR count). The molecule has 0 atom stereocenters. The number of aromatic nitrogens is 1. The zero-order chi connectivity index (χ0) is 19.7. The minimum atomic E-state index is 0. The summed E-state index contributed by atoms with van der Waals surface area (Å²) in [4.78, 5) is 22.1. The van der Waals surface area contributed by atoms with Crippen LogP contribution in [0.5, 0.6) is 0 Å². The molecule has 150 valence electrons. The lowest BCUT2D eigenvalue weighted by Crippen LogP contribution is -2.37. The van der Waals surface area contributed by atoms with Gasteiger partial charge in [-0.05, 0) is 70.6 Å². The summed E-state index contributed by atoms with van der Waals surface area (Å²) in [5, 5.41) is 0.769. The molecule has 0 radical (unpaired) electrons. The van der Waals surface area contributed by atoms with E-state index in [1.807, 2.05) is 45.0 Å². The predicted molar refractivity (Wildman–Crippen MR) is 122 cm³/mol. The Labute approximate surface area is 177 Å². The highest BCUT2D eigenvalue weighted by Gasteiger charge is 2.23. The molecule has 0 aliphatic rings. The van der Waals surface area contributed by atoms with Crippen molar-refractivity contribution in [3.8, 4) is 0 Å². The number of fused-ring (bicyclic) bond motifs is 1. The summed E-state index contributed by atoms with van der Waals surface area (Å²) < 4.78 is 1.13. The molecule has 0 saturated carbocycles. The number of carbonyl (C=O) groups excluding carboxylic acids is 1. The molecule has 0 unspecified atom stereocenters. The van der Waals surface area contributed by atoms with Gasteiger partial charge in [0.1, 0.15) is 0 Å². The van der Waals surface area contributed by atoms with Crippen LogP contribution in [0.15, 0.2) is 30.3 Å². The van der Waals surface area contributed by atoms with Crippen LogP contribution < -0.4 is 4.90 Å². The lowest BCUT2D eigenvalue weighted by Gasteiger charge is -2.23. The van der Waals surface area contributed by atoms with Gasteiger partial charge in [-0.3, -0.25) is 9.69 Å². The average Bonchev–Trinajstić information content (AvgIpc) is 2.98. The number of benzene rings is 2. The van der Waals surface area contributed by atoms with Gasteiger partial charge in [0.05, 0.1) is 10.2 Å². The third kappa shape index (κ3) is 4.72. The summed E-state index contributed by atoms with van der Waals surface area (Å²) in [6.45, 7) is 9.60. The number of hydrogen-bond acceptors (Lipinski definition) is 4. The molecule has 0 bridgehead atoms. The monoisotopic (exact) mass is 417 g/mol. The fourth-order valence-corrected chi connectivity index (χ4v) is 4.42. The second kappa shape index (κ2) is 9.03. The molecule has 2 aromatic carbocycles. The smallest absolute Gasteiger partial charge is 0.260 e. The summed E-state index contributed by atoms with van der Waals surface area (Å²) in [6, 6.07) is 10.3. The minimum Gasteiger partial charge on any atom is -0.308 e. The molecule has 0 N–H and O–H groups in total. The van der Waals surface area contributed by atoms with E-state index in [0.717, 1.165) is 44.1 Å². The first-order chi connectivity index (χ1) is 12.8. The number of nitrogens with zero attached hydrogens (tertiary/aromatic N) is 3. The number of anilines is 1. The molecule has 1 heterocycles. The van der Waals surface area contributed by atoms with Gasteiger partial charge in [-0.15, -0.1) is 12.4 Å². The van der Waals surface area contributed by atoms with E-state index < -0.39 is 0 Å². The molecular weight excluding hydrogens is 390 g/mol. The standard InChI is InChI=1S/C22H27N3OS.ClH/c1-14-7-8-18(16(3)11-14)21(26)25(10-9-24(5)6)22-23-20-17(4)12-15(2)13-19(20)27-22;/h7-8,11-13H,9-10H2,1-6H3;1H. The highest BCUT2D eigenvalue weighted by molar-refractivity contribution is 7.22. The topological polar surface area (TPSA) is 36.4 Å².